The molecule has 0 saturated heterocycles. The molecular weight excluding hydrogens is 224 g/mol. The maximum Gasteiger partial charge on any atom is 0.150 e. The Bertz CT molecular complexity index is 369. The van der Waals surface area contributed by atoms with Crippen molar-refractivity contribution >= 4 is 15.1 Å². The molecule has 1 nitrogen and oxygen atoms in total. The van der Waals surface area contributed by atoms with E-state index in [9.17, 15) is 4.79 Å². The van der Waals surface area contributed by atoms with Gasteiger partial charge in [-0.25, -0.2) is 0 Å². The highest BCUT2D eigenvalue weighted by molar-refractivity contribution is 6.59. The summed E-state index contributed by atoms with van der Waals surface area (Å²) in [7, 11) is -0.250. The quantitative estimate of drug-likeness (QED) is 0.539. The normalized spacial score (nSPS) is 11.8. The van der Waals surface area contributed by atoms with E-state index < -0.39 is 0 Å². The third-order valence-electron chi connectivity index (χ3n) is 3.78. The SMILES string of the molecule is C[Si](C)C(C)(C)CCCc1ccccc1C=O. The lowest BCUT2D eigenvalue weighted by Crippen LogP contribution is -2.20. The molecule has 0 amide bonds. The molecule has 0 bridgehead atoms. The topological polar surface area (TPSA) is 17.1 Å². The molecule has 1 rings (SSSR count). The van der Waals surface area contributed by atoms with Gasteiger partial charge >= 0.3 is 0 Å². The van der Waals surface area contributed by atoms with Crippen molar-refractivity contribution in [2.75, 3.05) is 0 Å². The van der Waals surface area contributed by atoms with Crippen LogP contribution in [0, 0.1) is 0 Å². The van der Waals surface area contributed by atoms with Gasteiger partial charge in [0.15, 0.2) is 0 Å². The average Bonchev–Trinajstić information content (AvgIpc) is 2.29. The van der Waals surface area contributed by atoms with E-state index >= 15 is 0 Å². The van der Waals surface area contributed by atoms with Gasteiger partial charge in [-0.15, -0.1) is 0 Å². The van der Waals surface area contributed by atoms with Gasteiger partial charge in [0, 0.05) is 14.4 Å². The molecule has 0 atom stereocenters. The fourth-order valence-electron chi connectivity index (χ4n) is 1.85. The van der Waals surface area contributed by atoms with Gasteiger partial charge in [-0.1, -0.05) is 57.6 Å². The number of benzene rings is 1. The van der Waals surface area contributed by atoms with Gasteiger partial charge in [-0.2, -0.15) is 0 Å². The van der Waals surface area contributed by atoms with Crippen LogP contribution in [0.2, 0.25) is 18.1 Å². The number of aldehydes is 1. The molecule has 0 unspecified atom stereocenters. The van der Waals surface area contributed by atoms with Crippen molar-refractivity contribution in [2.45, 2.75) is 51.2 Å². The van der Waals surface area contributed by atoms with Crippen LogP contribution >= 0.6 is 0 Å². The fourth-order valence-corrected chi connectivity index (χ4v) is 2.52. The van der Waals surface area contributed by atoms with E-state index in [0.717, 1.165) is 18.3 Å². The molecule has 1 radical (unpaired) electrons. The summed E-state index contributed by atoms with van der Waals surface area (Å²) in [6.07, 6.45) is 4.41. The average molecular weight is 247 g/mol. The molecular formula is C15H23OSi. The van der Waals surface area contributed by atoms with Crippen LogP contribution in [0.3, 0.4) is 0 Å². The molecule has 0 aromatic heterocycles. The number of aryl methyl sites for hydroxylation is 1. The van der Waals surface area contributed by atoms with Gasteiger partial charge < -0.3 is 0 Å². The summed E-state index contributed by atoms with van der Waals surface area (Å²) < 4.78 is 0. The zero-order chi connectivity index (χ0) is 12.9. The van der Waals surface area contributed by atoms with Crippen molar-refractivity contribution in [1.29, 1.82) is 0 Å². The molecule has 0 fully saturated rings. The largest absolute Gasteiger partial charge is 0.298 e. The first-order valence-corrected chi connectivity index (χ1v) is 8.81. The van der Waals surface area contributed by atoms with Gasteiger partial charge in [-0.3, -0.25) is 4.79 Å². The van der Waals surface area contributed by atoms with Crippen LogP contribution in [0.15, 0.2) is 24.3 Å². The predicted molar refractivity (Wildman–Crippen MR) is 76.3 cm³/mol. The van der Waals surface area contributed by atoms with E-state index in [1.807, 2.05) is 18.2 Å². The van der Waals surface area contributed by atoms with Crippen molar-refractivity contribution in [2.24, 2.45) is 0 Å². The van der Waals surface area contributed by atoms with Crippen LogP contribution in [0.5, 0.6) is 0 Å². The van der Waals surface area contributed by atoms with Crippen molar-refractivity contribution in [3.63, 3.8) is 0 Å². The molecule has 0 aliphatic carbocycles. The summed E-state index contributed by atoms with van der Waals surface area (Å²) in [5.74, 6) is 0. The Labute approximate surface area is 107 Å². The molecule has 1 aromatic carbocycles. The maximum absolute atomic E-state index is 10.9. The first-order valence-electron chi connectivity index (χ1n) is 6.31. The van der Waals surface area contributed by atoms with Gasteiger partial charge in [0.1, 0.15) is 6.29 Å². The van der Waals surface area contributed by atoms with Crippen LogP contribution in [0.1, 0.15) is 42.6 Å². The summed E-state index contributed by atoms with van der Waals surface area (Å²) in [6.45, 7) is 9.49. The summed E-state index contributed by atoms with van der Waals surface area (Å²) in [4.78, 5) is 10.9. The lowest BCUT2D eigenvalue weighted by molar-refractivity contribution is 0.112. The monoisotopic (exact) mass is 247 g/mol. The van der Waals surface area contributed by atoms with Crippen LogP contribution in [-0.4, -0.2) is 15.1 Å². The first-order chi connectivity index (χ1) is 7.97. The second-order valence-electron chi connectivity index (χ2n) is 5.55. The zero-order valence-corrected chi connectivity index (χ0v) is 12.4. The molecule has 0 spiro atoms. The molecule has 0 heterocycles. The number of carbonyl (C=O) groups excluding carboxylic acids is 1. The molecule has 0 saturated carbocycles. The Kier molecular flexibility index (Phi) is 5.13. The van der Waals surface area contributed by atoms with Gasteiger partial charge in [-0.05, 0) is 23.4 Å². The second kappa shape index (κ2) is 6.15. The smallest absolute Gasteiger partial charge is 0.150 e. The van der Waals surface area contributed by atoms with E-state index in [2.05, 4.69) is 33.0 Å². The minimum absolute atomic E-state index is 0.250. The Morgan fingerprint density at radius 2 is 1.88 bits per heavy atom. The van der Waals surface area contributed by atoms with Crippen LogP contribution < -0.4 is 0 Å². The fraction of sp³-hybridized carbons (Fsp3) is 0.533. The summed E-state index contributed by atoms with van der Waals surface area (Å²) in [5, 5.41) is 0.487. The third kappa shape index (κ3) is 4.12. The Morgan fingerprint density at radius 1 is 1.24 bits per heavy atom. The minimum atomic E-state index is -0.250. The predicted octanol–water partition coefficient (Wildman–Crippen LogP) is 4.36. The summed E-state index contributed by atoms with van der Waals surface area (Å²) >= 11 is 0. The molecule has 1 aromatic rings. The number of hydrogen-bond acceptors (Lipinski definition) is 1. The Morgan fingerprint density at radius 3 is 2.47 bits per heavy atom. The lowest BCUT2D eigenvalue weighted by Gasteiger charge is -2.28. The van der Waals surface area contributed by atoms with E-state index in [4.69, 9.17) is 0 Å². The number of carbonyl (C=O) groups is 1. The van der Waals surface area contributed by atoms with Crippen LogP contribution in [-0.2, 0) is 6.42 Å². The standard InChI is InChI=1S/C15H23OSi/c1-15(2,17(3)4)11-7-10-13-8-5-6-9-14(13)12-16/h5-6,8-9,12H,7,10-11H2,1-4H3. The van der Waals surface area contributed by atoms with Crippen molar-refractivity contribution in [3.05, 3.63) is 35.4 Å². The highest BCUT2D eigenvalue weighted by Crippen LogP contribution is 2.34. The Hall–Kier alpha value is -0.893. The minimum Gasteiger partial charge on any atom is -0.298 e. The number of hydrogen-bond donors (Lipinski definition) is 0. The molecule has 2 heteroatoms. The second-order valence-corrected chi connectivity index (χ2v) is 8.91. The highest BCUT2D eigenvalue weighted by atomic mass is 28.3. The van der Waals surface area contributed by atoms with Crippen molar-refractivity contribution in [3.8, 4) is 0 Å². The summed E-state index contributed by atoms with van der Waals surface area (Å²) in [5.41, 5.74) is 2.04. The van der Waals surface area contributed by atoms with Crippen LogP contribution in [0.4, 0.5) is 0 Å². The number of rotatable bonds is 6. The van der Waals surface area contributed by atoms with Gasteiger partial charge in [0.05, 0.1) is 0 Å². The molecule has 0 aliphatic rings. The zero-order valence-electron chi connectivity index (χ0n) is 11.4. The van der Waals surface area contributed by atoms with Crippen molar-refractivity contribution in [1.82, 2.24) is 0 Å². The molecule has 17 heavy (non-hydrogen) atoms. The maximum atomic E-state index is 10.9. The third-order valence-corrected chi connectivity index (χ3v) is 6.74. The molecule has 93 valence electrons. The van der Waals surface area contributed by atoms with Gasteiger partial charge in [0.25, 0.3) is 0 Å². The Balaban J connectivity index is 2.54. The van der Waals surface area contributed by atoms with Crippen molar-refractivity contribution < 1.29 is 4.79 Å². The molecule has 0 N–H and O–H groups in total. The lowest BCUT2D eigenvalue weighted by atomic mass is 9.99. The van der Waals surface area contributed by atoms with Gasteiger partial charge in [0.2, 0.25) is 0 Å². The van der Waals surface area contributed by atoms with E-state index in [1.54, 1.807) is 0 Å². The van der Waals surface area contributed by atoms with E-state index in [0.29, 0.717) is 5.04 Å². The highest BCUT2D eigenvalue weighted by Gasteiger charge is 2.22. The van der Waals surface area contributed by atoms with Crippen LogP contribution in [0.25, 0.3) is 0 Å². The van der Waals surface area contributed by atoms with E-state index in [1.165, 1.54) is 18.4 Å². The first kappa shape index (κ1) is 14.2. The summed E-state index contributed by atoms with van der Waals surface area (Å²) in [6, 6.07) is 7.92. The van der Waals surface area contributed by atoms with E-state index in [-0.39, 0.29) is 8.80 Å². The molecule has 0 aliphatic heterocycles.